The minimum absolute atomic E-state index is 0.00423. The molecule has 1 aromatic heterocycles. The van der Waals surface area contributed by atoms with E-state index in [1.807, 2.05) is 13.8 Å². The van der Waals surface area contributed by atoms with E-state index in [4.69, 9.17) is 5.73 Å². The standard InChI is InChI=1S/C12H20N4O2S/c1-3-16(4-2)11(17)7-14-12(18)9-8-19-10(15-9)5-6-13/h8H,3-7,13H2,1-2H3,(H,14,18). The Balaban J connectivity index is 2.48. The second-order valence-electron chi connectivity index (χ2n) is 3.91. The van der Waals surface area contributed by atoms with Gasteiger partial charge in [0.15, 0.2) is 0 Å². The molecule has 0 saturated carbocycles. The van der Waals surface area contributed by atoms with Gasteiger partial charge in [0, 0.05) is 24.9 Å². The Kier molecular flexibility index (Phi) is 6.44. The van der Waals surface area contributed by atoms with Gasteiger partial charge in [-0.15, -0.1) is 11.3 Å². The molecule has 0 saturated heterocycles. The molecule has 0 radical (unpaired) electrons. The van der Waals surface area contributed by atoms with Crippen molar-refractivity contribution in [3.05, 3.63) is 16.1 Å². The van der Waals surface area contributed by atoms with Gasteiger partial charge in [0.25, 0.3) is 5.91 Å². The van der Waals surface area contributed by atoms with Gasteiger partial charge in [-0.2, -0.15) is 0 Å². The van der Waals surface area contributed by atoms with Crippen molar-refractivity contribution in [2.45, 2.75) is 20.3 Å². The predicted molar refractivity (Wildman–Crippen MR) is 75.1 cm³/mol. The van der Waals surface area contributed by atoms with Gasteiger partial charge in [-0.3, -0.25) is 9.59 Å². The number of nitrogens with zero attached hydrogens (tertiary/aromatic N) is 2. The summed E-state index contributed by atoms with van der Waals surface area (Å²) in [5.74, 6) is -0.407. The largest absolute Gasteiger partial charge is 0.342 e. The quantitative estimate of drug-likeness (QED) is 0.751. The Labute approximate surface area is 117 Å². The van der Waals surface area contributed by atoms with Crippen molar-refractivity contribution in [1.29, 1.82) is 0 Å². The molecule has 106 valence electrons. The Morgan fingerprint density at radius 3 is 2.68 bits per heavy atom. The maximum Gasteiger partial charge on any atom is 0.271 e. The summed E-state index contributed by atoms with van der Waals surface area (Å²) in [6.45, 7) is 5.61. The second kappa shape index (κ2) is 7.85. The fourth-order valence-corrected chi connectivity index (χ4v) is 2.38. The van der Waals surface area contributed by atoms with E-state index < -0.39 is 0 Å². The van der Waals surface area contributed by atoms with Gasteiger partial charge in [0.1, 0.15) is 5.69 Å². The molecule has 0 atom stereocenters. The number of amides is 2. The van der Waals surface area contributed by atoms with Gasteiger partial charge in [0.2, 0.25) is 5.91 Å². The van der Waals surface area contributed by atoms with Crippen molar-refractivity contribution in [3.63, 3.8) is 0 Å². The van der Waals surface area contributed by atoms with Crippen LogP contribution in [-0.2, 0) is 11.2 Å². The Hall–Kier alpha value is -1.47. The molecule has 1 aromatic rings. The number of aromatic nitrogens is 1. The molecule has 0 fully saturated rings. The lowest BCUT2D eigenvalue weighted by atomic mass is 10.4. The van der Waals surface area contributed by atoms with E-state index in [1.165, 1.54) is 11.3 Å². The Morgan fingerprint density at radius 2 is 2.11 bits per heavy atom. The van der Waals surface area contributed by atoms with Crippen molar-refractivity contribution >= 4 is 23.2 Å². The van der Waals surface area contributed by atoms with Crippen LogP contribution in [-0.4, -0.2) is 47.9 Å². The minimum atomic E-state index is -0.319. The van der Waals surface area contributed by atoms with Crippen molar-refractivity contribution in [2.24, 2.45) is 5.73 Å². The molecule has 0 aliphatic rings. The molecular weight excluding hydrogens is 264 g/mol. The zero-order valence-electron chi connectivity index (χ0n) is 11.3. The molecule has 0 spiro atoms. The van der Waals surface area contributed by atoms with E-state index >= 15 is 0 Å². The van der Waals surface area contributed by atoms with Gasteiger partial charge >= 0.3 is 0 Å². The van der Waals surface area contributed by atoms with Crippen molar-refractivity contribution in [3.8, 4) is 0 Å². The first kappa shape index (κ1) is 15.6. The highest BCUT2D eigenvalue weighted by atomic mass is 32.1. The zero-order valence-corrected chi connectivity index (χ0v) is 12.1. The summed E-state index contributed by atoms with van der Waals surface area (Å²) in [7, 11) is 0. The van der Waals surface area contributed by atoms with Gasteiger partial charge in [-0.1, -0.05) is 0 Å². The lowest BCUT2D eigenvalue weighted by Crippen LogP contribution is -2.40. The number of hydrogen-bond acceptors (Lipinski definition) is 5. The maximum atomic E-state index is 11.8. The third kappa shape index (κ3) is 4.60. The van der Waals surface area contributed by atoms with E-state index in [9.17, 15) is 9.59 Å². The summed E-state index contributed by atoms with van der Waals surface area (Å²) in [5, 5.41) is 5.10. The second-order valence-corrected chi connectivity index (χ2v) is 4.86. The first-order valence-corrected chi connectivity index (χ1v) is 7.20. The van der Waals surface area contributed by atoms with Gasteiger partial charge in [-0.25, -0.2) is 4.98 Å². The van der Waals surface area contributed by atoms with Crippen LogP contribution in [0.2, 0.25) is 0 Å². The zero-order chi connectivity index (χ0) is 14.3. The molecule has 1 heterocycles. The number of nitrogens with two attached hydrogens (primary N) is 1. The van der Waals surface area contributed by atoms with Crippen LogP contribution < -0.4 is 11.1 Å². The molecule has 1 rings (SSSR count). The summed E-state index contributed by atoms with van der Waals surface area (Å²) in [6.07, 6.45) is 0.663. The molecule has 19 heavy (non-hydrogen) atoms. The van der Waals surface area contributed by atoms with Crippen LogP contribution in [0, 0.1) is 0 Å². The molecule has 2 amide bonds. The van der Waals surface area contributed by atoms with E-state index in [1.54, 1.807) is 10.3 Å². The van der Waals surface area contributed by atoms with Crippen LogP contribution in [0.5, 0.6) is 0 Å². The molecule has 0 aliphatic heterocycles. The van der Waals surface area contributed by atoms with Crippen molar-refractivity contribution < 1.29 is 9.59 Å². The van der Waals surface area contributed by atoms with Crippen LogP contribution in [0.3, 0.4) is 0 Å². The van der Waals surface area contributed by atoms with Crippen LogP contribution in [0.25, 0.3) is 0 Å². The summed E-state index contributed by atoms with van der Waals surface area (Å²) in [4.78, 5) is 29.4. The summed E-state index contributed by atoms with van der Waals surface area (Å²) >= 11 is 1.40. The first-order valence-electron chi connectivity index (χ1n) is 6.32. The third-order valence-corrected chi connectivity index (χ3v) is 3.57. The number of thiazole rings is 1. The van der Waals surface area contributed by atoms with Crippen molar-refractivity contribution in [2.75, 3.05) is 26.2 Å². The predicted octanol–water partition coefficient (Wildman–Crippen LogP) is 0.243. The molecule has 3 N–H and O–H groups in total. The first-order chi connectivity index (χ1) is 9.12. The van der Waals surface area contributed by atoms with Gasteiger partial charge in [-0.05, 0) is 20.4 Å². The number of hydrogen-bond donors (Lipinski definition) is 2. The lowest BCUT2D eigenvalue weighted by Gasteiger charge is -2.18. The fraction of sp³-hybridized carbons (Fsp3) is 0.583. The van der Waals surface area contributed by atoms with E-state index in [2.05, 4.69) is 10.3 Å². The maximum absolute atomic E-state index is 11.8. The summed E-state index contributed by atoms with van der Waals surface area (Å²) < 4.78 is 0. The number of nitrogens with one attached hydrogen (secondary N) is 1. The molecule has 0 aromatic carbocycles. The van der Waals surface area contributed by atoms with E-state index in [-0.39, 0.29) is 18.4 Å². The topological polar surface area (TPSA) is 88.3 Å². The van der Waals surface area contributed by atoms with Gasteiger partial charge < -0.3 is 16.0 Å². The highest BCUT2D eigenvalue weighted by Gasteiger charge is 2.14. The van der Waals surface area contributed by atoms with Gasteiger partial charge in [0.05, 0.1) is 11.6 Å². The molecule has 0 bridgehead atoms. The molecule has 7 heteroatoms. The number of carbonyl (C=O) groups excluding carboxylic acids is 2. The summed E-state index contributed by atoms with van der Waals surface area (Å²) in [5.41, 5.74) is 5.77. The number of rotatable bonds is 7. The van der Waals surface area contributed by atoms with Crippen LogP contribution in [0.1, 0.15) is 29.3 Å². The number of carbonyl (C=O) groups is 2. The number of likely N-dealkylation sites (N-methyl/N-ethyl adjacent to an activating group) is 1. The van der Waals surface area contributed by atoms with Crippen LogP contribution in [0.15, 0.2) is 5.38 Å². The van der Waals surface area contributed by atoms with Crippen LogP contribution in [0.4, 0.5) is 0 Å². The highest BCUT2D eigenvalue weighted by molar-refractivity contribution is 7.09. The normalized spacial score (nSPS) is 10.3. The fourth-order valence-electron chi connectivity index (χ4n) is 1.59. The van der Waals surface area contributed by atoms with Crippen LogP contribution >= 0.6 is 11.3 Å². The molecule has 0 aliphatic carbocycles. The Morgan fingerprint density at radius 1 is 1.42 bits per heavy atom. The molecular formula is C12H20N4O2S. The average molecular weight is 284 g/mol. The molecule has 6 nitrogen and oxygen atoms in total. The SMILES string of the molecule is CCN(CC)C(=O)CNC(=O)c1csc(CCN)n1. The lowest BCUT2D eigenvalue weighted by molar-refractivity contribution is -0.129. The summed E-state index contributed by atoms with van der Waals surface area (Å²) in [6, 6.07) is 0. The van der Waals surface area contributed by atoms with E-state index in [0.29, 0.717) is 31.7 Å². The molecule has 0 unspecified atom stereocenters. The van der Waals surface area contributed by atoms with Crippen molar-refractivity contribution in [1.82, 2.24) is 15.2 Å². The Bertz CT molecular complexity index is 429. The third-order valence-electron chi connectivity index (χ3n) is 2.66. The average Bonchev–Trinajstić information content (AvgIpc) is 2.86. The monoisotopic (exact) mass is 284 g/mol. The minimum Gasteiger partial charge on any atom is -0.342 e. The smallest absolute Gasteiger partial charge is 0.271 e. The van der Waals surface area contributed by atoms with E-state index in [0.717, 1.165) is 5.01 Å². The highest BCUT2D eigenvalue weighted by Crippen LogP contribution is 2.09.